The Kier molecular flexibility index (Phi) is 7.20. The molecule has 0 fully saturated rings. The van der Waals surface area contributed by atoms with Crippen LogP contribution in [0.25, 0.3) is 0 Å². The van der Waals surface area contributed by atoms with E-state index < -0.39 is 0 Å². The van der Waals surface area contributed by atoms with Gasteiger partial charge >= 0.3 is 0 Å². The fourth-order valence-corrected chi connectivity index (χ4v) is 1.80. The number of aliphatic hydroxyl groups is 1. The maximum absolute atomic E-state index is 9.07. The molecule has 0 aromatic carbocycles. The van der Waals surface area contributed by atoms with E-state index in [1.54, 1.807) is 0 Å². The molecule has 0 rings (SSSR count). The van der Waals surface area contributed by atoms with E-state index >= 15 is 0 Å². The van der Waals surface area contributed by atoms with Gasteiger partial charge in [-0.1, -0.05) is 20.8 Å². The Morgan fingerprint density at radius 1 is 1.06 bits per heavy atom. The Balaban J connectivity index is 4.26. The van der Waals surface area contributed by atoms with Crippen LogP contribution in [-0.4, -0.2) is 37.4 Å². The molecule has 0 aromatic rings. The first kappa shape index (κ1) is 15.9. The summed E-state index contributed by atoms with van der Waals surface area (Å²) in [5.74, 6) is 0. The lowest BCUT2D eigenvalue weighted by atomic mass is 9.85. The molecule has 2 unspecified atom stereocenters. The minimum Gasteiger partial charge on any atom is -0.396 e. The molecule has 0 heterocycles. The van der Waals surface area contributed by atoms with Crippen molar-refractivity contribution < 1.29 is 5.11 Å². The van der Waals surface area contributed by atoms with Crippen molar-refractivity contribution in [3.8, 4) is 0 Å². The van der Waals surface area contributed by atoms with Gasteiger partial charge in [-0.15, -0.1) is 0 Å². The van der Waals surface area contributed by atoms with Crippen molar-refractivity contribution in [1.29, 1.82) is 0 Å². The van der Waals surface area contributed by atoms with E-state index in [0.717, 1.165) is 32.4 Å². The van der Waals surface area contributed by atoms with Crippen LogP contribution in [0.1, 0.15) is 47.0 Å². The minimum atomic E-state index is 0.0684. The molecular formula is C13H30N2O. The third-order valence-electron chi connectivity index (χ3n) is 3.84. The predicted molar refractivity (Wildman–Crippen MR) is 70.7 cm³/mol. The molecule has 0 saturated carbocycles. The van der Waals surface area contributed by atoms with Crippen LogP contribution in [0.4, 0.5) is 0 Å². The Labute approximate surface area is 101 Å². The summed E-state index contributed by atoms with van der Waals surface area (Å²) in [4.78, 5) is 0. The summed E-state index contributed by atoms with van der Waals surface area (Å²) < 4.78 is 0. The molecule has 0 amide bonds. The van der Waals surface area contributed by atoms with Gasteiger partial charge in [-0.3, -0.25) is 0 Å². The molecule has 3 N–H and O–H groups in total. The van der Waals surface area contributed by atoms with Crippen LogP contribution in [0.3, 0.4) is 0 Å². The standard InChI is InChI=1S/C13H30N2O/c1-6-12(3,10-14-5)11-15-13(4,7-2)8-9-16/h14-16H,6-11H2,1-5H3. The van der Waals surface area contributed by atoms with Crippen LogP contribution in [0.2, 0.25) is 0 Å². The summed E-state index contributed by atoms with van der Waals surface area (Å²) in [6.07, 6.45) is 3.02. The second-order valence-electron chi connectivity index (χ2n) is 5.44. The predicted octanol–water partition coefficient (Wildman–Crippen LogP) is 1.76. The van der Waals surface area contributed by atoms with Crippen LogP contribution in [0.15, 0.2) is 0 Å². The normalized spacial score (nSPS) is 19.1. The molecule has 3 nitrogen and oxygen atoms in total. The zero-order valence-electron chi connectivity index (χ0n) is 11.7. The summed E-state index contributed by atoms with van der Waals surface area (Å²) in [6.45, 7) is 11.2. The fraction of sp³-hybridized carbons (Fsp3) is 1.00. The number of aliphatic hydroxyl groups excluding tert-OH is 1. The molecule has 3 heteroatoms. The summed E-state index contributed by atoms with van der Waals surface area (Å²) in [7, 11) is 2.00. The minimum absolute atomic E-state index is 0.0684. The number of hydrogen-bond acceptors (Lipinski definition) is 3. The zero-order valence-corrected chi connectivity index (χ0v) is 11.7. The van der Waals surface area contributed by atoms with Crippen molar-refractivity contribution in [1.82, 2.24) is 10.6 Å². The topological polar surface area (TPSA) is 44.3 Å². The maximum Gasteiger partial charge on any atom is 0.0448 e. The average Bonchev–Trinajstić information content (AvgIpc) is 2.27. The SMILES string of the molecule is CCC(C)(CNC)CNC(C)(CC)CCO. The molecule has 98 valence electrons. The summed E-state index contributed by atoms with van der Waals surface area (Å²) in [5, 5.41) is 15.9. The highest BCUT2D eigenvalue weighted by atomic mass is 16.3. The van der Waals surface area contributed by atoms with Crippen molar-refractivity contribution >= 4 is 0 Å². The van der Waals surface area contributed by atoms with E-state index in [4.69, 9.17) is 5.11 Å². The highest BCUT2D eigenvalue weighted by Gasteiger charge is 2.27. The van der Waals surface area contributed by atoms with E-state index in [2.05, 4.69) is 38.3 Å². The second kappa shape index (κ2) is 7.25. The lowest BCUT2D eigenvalue weighted by Gasteiger charge is -2.36. The molecule has 0 saturated heterocycles. The Bertz CT molecular complexity index is 167. The summed E-state index contributed by atoms with van der Waals surface area (Å²) in [5.41, 5.74) is 0.361. The third-order valence-corrected chi connectivity index (χ3v) is 3.84. The van der Waals surface area contributed by atoms with Crippen LogP contribution in [0, 0.1) is 5.41 Å². The van der Waals surface area contributed by atoms with Crippen LogP contribution in [-0.2, 0) is 0 Å². The van der Waals surface area contributed by atoms with E-state index in [1.807, 2.05) is 7.05 Å². The molecular weight excluding hydrogens is 200 g/mol. The molecule has 0 aromatic heterocycles. The van der Waals surface area contributed by atoms with E-state index in [0.29, 0.717) is 5.41 Å². The van der Waals surface area contributed by atoms with Gasteiger partial charge in [-0.05, 0) is 38.6 Å². The van der Waals surface area contributed by atoms with E-state index in [9.17, 15) is 0 Å². The average molecular weight is 230 g/mol. The van der Waals surface area contributed by atoms with Crippen molar-refractivity contribution in [2.45, 2.75) is 52.5 Å². The first-order valence-corrected chi connectivity index (χ1v) is 6.46. The monoisotopic (exact) mass is 230 g/mol. The van der Waals surface area contributed by atoms with Gasteiger partial charge in [-0.25, -0.2) is 0 Å². The van der Waals surface area contributed by atoms with Crippen LogP contribution in [0.5, 0.6) is 0 Å². The first-order valence-electron chi connectivity index (χ1n) is 6.46. The van der Waals surface area contributed by atoms with E-state index in [1.165, 1.54) is 0 Å². The van der Waals surface area contributed by atoms with Gasteiger partial charge in [0.15, 0.2) is 0 Å². The molecule has 0 spiro atoms. The zero-order chi connectivity index (χ0) is 12.7. The number of nitrogens with one attached hydrogen (secondary N) is 2. The van der Waals surface area contributed by atoms with Crippen LogP contribution < -0.4 is 10.6 Å². The summed E-state index contributed by atoms with van der Waals surface area (Å²) >= 11 is 0. The van der Waals surface area contributed by atoms with Crippen molar-refractivity contribution in [3.05, 3.63) is 0 Å². The van der Waals surface area contributed by atoms with Gasteiger partial charge in [0.05, 0.1) is 0 Å². The quantitative estimate of drug-likeness (QED) is 0.565. The smallest absolute Gasteiger partial charge is 0.0448 e. The number of rotatable bonds is 9. The van der Waals surface area contributed by atoms with Crippen molar-refractivity contribution in [2.75, 3.05) is 26.7 Å². The first-order chi connectivity index (χ1) is 7.45. The Morgan fingerprint density at radius 3 is 2.06 bits per heavy atom. The van der Waals surface area contributed by atoms with Crippen molar-refractivity contribution in [2.24, 2.45) is 5.41 Å². The van der Waals surface area contributed by atoms with Gasteiger partial charge < -0.3 is 15.7 Å². The van der Waals surface area contributed by atoms with Crippen molar-refractivity contribution in [3.63, 3.8) is 0 Å². The lowest BCUT2D eigenvalue weighted by Crippen LogP contribution is -2.49. The fourth-order valence-electron chi connectivity index (χ4n) is 1.80. The molecule has 0 radical (unpaired) electrons. The van der Waals surface area contributed by atoms with Gasteiger partial charge in [-0.2, -0.15) is 0 Å². The van der Waals surface area contributed by atoms with Gasteiger partial charge in [0.1, 0.15) is 0 Å². The molecule has 0 aliphatic carbocycles. The molecule has 0 bridgehead atoms. The highest BCUT2D eigenvalue weighted by Crippen LogP contribution is 2.22. The number of hydrogen-bond donors (Lipinski definition) is 3. The molecule has 0 aliphatic rings. The summed E-state index contributed by atoms with van der Waals surface area (Å²) in [6, 6.07) is 0. The molecule has 2 atom stereocenters. The van der Waals surface area contributed by atoms with E-state index in [-0.39, 0.29) is 12.1 Å². The van der Waals surface area contributed by atoms with Gasteiger partial charge in [0.25, 0.3) is 0 Å². The molecule has 0 aliphatic heterocycles. The lowest BCUT2D eigenvalue weighted by molar-refractivity contribution is 0.185. The Hall–Kier alpha value is -0.120. The van der Waals surface area contributed by atoms with Gasteiger partial charge in [0, 0.05) is 25.2 Å². The molecule has 16 heavy (non-hydrogen) atoms. The van der Waals surface area contributed by atoms with Crippen LogP contribution >= 0.6 is 0 Å². The largest absolute Gasteiger partial charge is 0.396 e. The third kappa shape index (κ3) is 5.28. The van der Waals surface area contributed by atoms with Gasteiger partial charge in [0.2, 0.25) is 0 Å². The highest BCUT2D eigenvalue weighted by molar-refractivity contribution is 4.86. The second-order valence-corrected chi connectivity index (χ2v) is 5.44. The Morgan fingerprint density at radius 2 is 1.69 bits per heavy atom. The maximum atomic E-state index is 9.07.